The topological polar surface area (TPSA) is 66.5 Å². The summed E-state index contributed by atoms with van der Waals surface area (Å²) in [4.78, 5) is 12.7. The number of anilines is 1. The summed E-state index contributed by atoms with van der Waals surface area (Å²) in [6, 6.07) is 23.3. The molecule has 3 aromatic carbocycles. The van der Waals surface area contributed by atoms with Crippen molar-refractivity contribution in [2.24, 2.45) is 0 Å². The Hall–Kier alpha value is -3.12. The van der Waals surface area contributed by atoms with Crippen LogP contribution in [0.25, 0.3) is 0 Å². The van der Waals surface area contributed by atoms with Crippen LogP contribution in [0.1, 0.15) is 34.3 Å². The van der Waals surface area contributed by atoms with Crippen molar-refractivity contribution in [1.82, 2.24) is 5.32 Å². The third-order valence-electron chi connectivity index (χ3n) is 5.09. The molecule has 3 aromatic rings. The average Bonchev–Trinajstić information content (AvgIpc) is 2.78. The van der Waals surface area contributed by atoms with Gasteiger partial charge in [-0.2, -0.15) is 0 Å². The van der Waals surface area contributed by atoms with E-state index in [1.165, 1.54) is 23.5 Å². The van der Waals surface area contributed by atoms with Crippen LogP contribution in [0.4, 0.5) is 5.69 Å². The fraction of sp³-hybridized carbons (Fsp3) is 0.208. The van der Waals surface area contributed by atoms with Gasteiger partial charge >= 0.3 is 0 Å². The SMILES string of the molecule is Cc1ccc(N(C)S(=O)(=O)c2cccc(C(=O)NC[C@@H](C)c3ccccc3)c2)cc1. The predicted octanol–water partition coefficient (Wildman–Crippen LogP) is 4.35. The van der Waals surface area contributed by atoms with E-state index in [1.807, 2.05) is 56.3 Å². The predicted molar refractivity (Wildman–Crippen MR) is 120 cm³/mol. The Bertz CT molecular complexity index is 1110. The molecule has 0 saturated carbocycles. The minimum atomic E-state index is -3.78. The number of aryl methyl sites for hydroxylation is 1. The van der Waals surface area contributed by atoms with E-state index in [2.05, 4.69) is 5.32 Å². The van der Waals surface area contributed by atoms with Crippen LogP contribution in [0.5, 0.6) is 0 Å². The van der Waals surface area contributed by atoms with E-state index < -0.39 is 10.0 Å². The molecule has 1 amide bonds. The zero-order chi connectivity index (χ0) is 21.7. The average molecular weight is 423 g/mol. The van der Waals surface area contributed by atoms with Crippen LogP contribution in [-0.2, 0) is 10.0 Å². The monoisotopic (exact) mass is 422 g/mol. The Kier molecular flexibility index (Phi) is 6.57. The van der Waals surface area contributed by atoms with Crippen LogP contribution < -0.4 is 9.62 Å². The standard InChI is InChI=1S/C24H26N2O3S/c1-18-12-14-22(15-13-18)26(3)30(28,29)23-11-7-10-21(16-23)24(27)25-17-19(2)20-8-5-4-6-9-20/h4-16,19H,17H2,1-3H3,(H,25,27)/t19-/m1/s1. The molecule has 3 rings (SSSR count). The highest BCUT2D eigenvalue weighted by atomic mass is 32.2. The van der Waals surface area contributed by atoms with Crippen molar-refractivity contribution < 1.29 is 13.2 Å². The third kappa shape index (κ3) is 4.89. The first kappa shape index (κ1) is 21.6. The molecule has 0 heterocycles. The van der Waals surface area contributed by atoms with Gasteiger partial charge in [0.2, 0.25) is 0 Å². The summed E-state index contributed by atoms with van der Waals surface area (Å²) in [6.45, 7) is 4.44. The second kappa shape index (κ2) is 9.13. The number of nitrogens with zero attached hydrogens (tertiary/aromatic N) is 1. The lowest BCUT2D eigenvalue weighted by Crippen LogP contribution is -2.29. The molecule has 30 heavy (non-hydrogen) atoms. The number of benzene rings is 3. The Labute approximate surface area is 178 Å². The molecule has 5 nitrogen and oxygen atoms in total. The molecule has 0 aliphatic rings. The van der Waals surface area contributed by atoms with Gasteiger partial charge in [-0.3, -0.25) is 9.10 Å². The second-order valence-corrected chi connectivity index (χ2v) is 9.33. The summed E-state index contributed by atoms with van der Waals surface area (Å²) in [6.07, 6.45) is 0. The Morgan fingerprint density at radius 1 is 0.967 bits per heavy atom. The zero-order valence-electron chi connectivity index (χ0n) is 17.4. The molecule has 0 aliphatic carbocycles. The lowest BCUT2D eigenvalue weighted by molar-refractivity contribution is 0.0951. The summed E-state index contributed by atoms with van der Waals surface area (Å²) >= 11 is 0. The highest BCUT2D eigenvalue weighted by Crippen LogP contribution is 2.23. The summed E-state index contributed by atoms with van der Waals surface area (Å²) in [5, 5.41) is 2.90. The lowest BCUT2D eigenvalue weighted by Gasteiger charge is -2.20. The largest absolute Gasteiger partial charge is 0.351 e. The smallest absolute Gasteiger partial charge is 0.264 e. The first-order valence-corrected chi connectivity index (χ1v) is 11.2. The van der Waals surface area contributed by atoms with E-state index in [1.54, 1.807) is 24.3 Å². The number of sulfonamides is 1. The van der Waals surface area contributed by atoms with Crippen molar-refractivity contribution in [3.63, 3.8) is 0 Å². The zero-order valence-corrected chi connectivity index (χ0v) is 18.2. The Morgan fingerprint density at radius 2 is 1.63 bits per heavy atom. The van der Waals surface area contributed by atoms with Crippen LogP contribution in [0.15, 0.2) is 83.8 Å². The number of hydrogen-bond acceptors (Lipinski definition) is 3. The van der Waals surface area contributed by atoms with E-state index >= 15 is 0 Å². The molecule has 0 aliphatic heterocycles. The summed E-state index contributed by atoms with van der Waals surface area (Å²) < 4.78 is 27.3. The number of rotatable bonds is 7. The normalized spacial score (nSPS) is 12.2. The molecule has 6 heteroatoms. The molecule has 0 fully saturated rings. The van der Waals surface area contributed by atoms with Crippen LogP contribution in [0, 0.1) is 6.92 Å². The van der Waals surface area contributed by atoms with Gasteiger partial charge in [-0.15, -0.1) is 0 Å². The molecular formula is C24H26N2O3S. The van der Waals surface area contributed by atoms with Crippen LogP contribution in [0.2, 0.25) is 0 Å². The minimum absolute atomic E-state index is 0.0781. The van der Waals surface area contributed by atoms with Crippen LogP contribution >= 0.6 is 0 Å². The van der Waals surface area contributed by atoms with Crippen molar-refractivity contribution in [3.05, 3.63) is 95.6 Å². The summed E-state index contributed by atoms with van der Waals surface area (Å²) in [5.41, 5.74) is 3.06. The summed E-state index contributed by atoms with van der Waals surface area (Å²) in [7, 11) is -2.27. The lowest BCUT2D eigenvalue weighted by atomic mass is 10.0. The molecule has 0 spiro atoms. The minimum Gasteiger partial charge on any atom is -0.351 e. The van der Waals surface area contributed by atoms with Crippen LogP contribution in [-0.4, -0.2) is 27.9 Å². The fourth-order valence-electron chi connectivity index (χ4n) is 3.10. The van der Waals surface area contributed by atoms with Crippen LogP contribution in [0.3, 0.4) is 0 Å². The number of hydrogen-bond donors (Lipinski definition) is 1. The Morgan fingerprint density at radius 3 is 2.30 bits per heavy atom. The van der Waals surface area contributed by atoms with Gasteiger partial charge in [0.05, 0.1) is 10.6 Å². The molecule has 1 N–H and O–H groups in total. The number of nitrogens with one attached hydrogen (secondary N) is 1. The maximum absolute atomic E-state index is 13.0. The van der Waals surface area contributed by atoms with Gasteiger partial charge < -0.3 is 5.32 Å². The van der Waals surface area contributed by atoms with Crippen molar-refractivity contribution >= 4 is 21.6 Å². The second-order valence-electron chi connectivity index (χ2n) is 7.36. The Balaban J connectivity index is 1.74. The molecule has 156 valence electrons. The van der Waals surface area contributed by atoms with E-state index in [0.717, 1.165) is 11.1 Å². The molecular weight excluding hydrogens is 396 g/mol. The van der Waals surface area contributed by atoms with E-state index in [9.17, 15) is 13.2 Å². The van der Waals surface area contributed by atoms with E-state index in [4.69, 9.17) is 0 Å². The molecule has 0 radical (unpaired) electrons. The quantitative estimate of drug-likeness (QED) is 0.615. The first-order chi connectivity index (χ1) is 14.3. The maximum atomic E-state index is 13.0. The van der Waals surface area contributed by atoms with Gasteiger partial charge in [-0.05, 0) is 48.7 Å². The van der Waals surface area contributed by atoms with Gasteiger partial charge in [0.15, 0.2) is 0 Å². The summed E-state index contributed by atoms with van der Waals surface area (Å²) in [5.74, 6) is -0.150. The van der Waals surface area contributed by atoms with E-state index in [-0.39, 0.29) is 16.7 Å². The van der Waals surface area contributed by atoms with E-state index in [0.29, 0.717) is 17.8 Å². The molecule has 0 aromatic heterocycles. The van der Waals surface area contributed by atoms with Gasteiger partial charge in [0, 0.05) is 19.2 Å². The molecule has 0 bridgehead atoms. The molecule has 0 saturated heterocycles. The third-order valence-corrected chi connectivity index (χ3v) is 6.87. The number of amides is 1. The van der Waals surface area contributed by atoms with Crippen molar-refractivity contribution in [3.8, 4) is 0 Å². The number of carbonyl (C=O) groups is 1. The van der Waals surface area contributed by atoms with Crippen molar-refractivity contribution in [2.45, 2.75) is 24.7 Å². The fourth-order valence-corrected chi connectivity index (χ4v) is 4.34. The van der Waals surface area contributed by atoms with Gasteiger partial charge in [0.1, 0.15) is 0 Å². The van der Waals surface area contributed by atoms with Gasteiger partial charge in [-0.25, -0.2) is 8.42 Å². The van der Waals surface area contributed by atoms with Crippen molar-refractivity contribution in [1.29, 1.82) is 0 Å². The molecule has 0 unspecified atom stereocenters. The van der Waals surface area contributed by atoms with Gasteiger partial charge in [-0.1, -0.05) is 61.0 Å². The molecule has 1 atom stereocenters. The maximum Gasteiger partial charge on any atom is 0.264 e. The highest BCUT2D eigenvalue weighted by molar-refractivity contribution is 7.92. The number of carbonyl (C=O) groups excluding carboxylic acids is 1. The van der Waals surface area contributed by atoms with Gasteiger partial charge in [0.25, 0.3) is 15.9 Å². The first-order valence-electron chi connectivity index (χ1n) is 9.78. The highest BCUT2D eigenvalue weighted by Gasteiger charge is 2.22. The van der Waals surface area contributed by atoms with Crippen molar-refractivity contribution in [2.75, 3.05) is 17.9 Å².